The van der Waals surface area contributed by atoms with Crippen LogP contribution in [0.2, 0.25) is 0 Å². The molecule has 0 unspecified atom stereocenters. The number of hydrogen-bond donors (Lipinski definition) is 0. The lowest BCUT2D eigenvalue weighted by Gasteiger charge is -2.30. The normalized spacial score (nSPS) is 15.0. The van der Waals surface area contributed by atoms with E-state index in [0.717, 1.165) is 38.7 Å². The van der Waals surface area contributed by atoms with Crippen LogP contribution in [0.1, 0.15) is 19.4 Å². The molecule has 1 fully saturated rings. The molecule has 2 heterocycles. The van der Waals surface area contributed by atoms with Crippen LogP contribution < -0.4 is 9.80 Å². The van der Waals surface area contributed by atoms with E-state index in [2.05, 4.69) is 58.1 Å². The monoisotopic (exact) mass is 313 g/mol. The van der Waals surface area contributed by atoms with E-state index in [-0.39, 0.29) is 6.04 Å². The Morgan fingerprint density at radius 2 is 1.91 bits per heavy atom. The molecule has 0 aliphatic carbocycles. The van der Waals surface area contributed by atoms with Gasteiger partial charge in [0.2, 0.25) is 5.95 Å². The molecule has 0 radical (unpaired) electrons. The van der Waals surface area contributed by atoms with Gasteiger partial charge in [0.1, 0.15) is 0 Å². The molecular weight excluding hydrogens is 290 g/mol. The first kappa shape index (κ1) is 15.7. The fourth-order valence-corrected chi connectivity index (χ4v) is 2.62. The lowest BCUT2D eigenvalue weighted by Crippen LogP contribution is -2.38. The Morgan fingerprint density at radius 3 is 2.61 bits per heavy atom. The average Bonchev–Trinajstić information content (AvgIpc) is 2.61. The molecule has 1 aliphatic rings. The number of benzene rings is 1. The third-order valence-corrected chi connectivity index (χ3v) is 3.95. The average molecular weight is 313 g/mol. The Bertz CT molecular complexity index is 613. The van der Waals surface area contributed by atoms with Gasteiger partial charge in [-0.05, 0) is 19.4 Å². The maximum Gasteiger partial charge on any atom is 0.247 e. The van der Waals surface area contributed by atoms with Gasteiger partial charge in [-0.15, -0.1) is 5.10 Å². The molecule has 1 saturated heterocycles. The summed E-state index contributed by atoms with van der Waals surface area (Å²) >= 11 is 0. The van der Waals surface area contributed by atoms with Crippen LogP contribution in [0.3, 0.4) is 0 Å². The van der Waals surface area contributed by atoms with Gasteiger partial charge >= 0.3 is 0 Å². The molecular formula is C17H23N5O. The standard InChI is InChI=1S/C17H23N5O/c1-14(2)22(13-15-6-4-3-5-7-15)17-19-16(12-18-20-17)21-8-10-23-11-9-21/h3-7,12,14H,8-11,13H2,1-2H3. The fourth-order valence-electron chi connectivity index (χ4n) is 2.62. The largest absolute Gasteiger partial charge is 0.378 e. The number of aromatic nitrogens is 3. The molecule has 0 N–H and O–H groups in total. The van der Waals surface area contributed by atoms with E-state index in [9.17, 15) is 0 Å². The maximum absolute atomic E-state index is 5.40. The summed E-state index contributed by atoms with van der Waals surface area (Å²) in [5.74, 6) is 1.55. The lowest BCUT2D eigenvalue weighted by atomic mass is 10.2. The molecule has 0 spiro atoms. The van der Waals surface area contributed by atoms with Crippen molar-refractivity contribution in [3.8, 4) is 0 Å². The zero-order valence-electron chi connectivity index (χ0n) is 13.7. The summed E-state index contributed by atoms with van der Waals surface area (Å²) in [6.45, 7) is 8.22. The van der Waals surface area contributed by atoms with Gasteiger partial charge in [-0.2, -0.15) is 10.1 Å². The highest BCUT2D eigenvalue weighted by molar-refractivity contribution is 5.42. The number of rotatable bonds is 5. The molecule has 1 aromatic heterocycles. The molecule has 0 saturated carbocycles. The summed E-state index contributed by atoms with van der Waals surface area (Å²) < 4.78 is 5.40. The summed E-state index contributed by atoms with van der Waals surface area (Å²) in [5.41, 5.74) is 1.24. The highest BCUT2D eigenvalue weighted by Crippen LogP contribution is 2.19. The molecule has 0 bridgehead atoms. The van der Waals surface area contributed by atoms with E-state index in [1.54, 1.807) is 6.20 Å². The predicted molar refractivity (Wildman–Crippen MR) is 90.6 cm³/mol. The first-order valence-electron chi connectivity index (χ1n) is 8.07. The third-order valence-electron chi connectivity index (χ3n) is 3.95. The quantitative estimate of drug-likeness (QED) is 0.843. The van der Waals surface area contributed by atoms with Crippen molar-refractivity contribution < 1.29 is 4.74 Å². The second-order valence-electron chi connectivity index (χ2n) is 5.92. The van der Waals surface area contributed by atoms with Crippen LogP contribution in [0, 0.1) is 0 Å². The number of morpholine rings is 1. The Balaban J connectivity index is 1.82. The van der Waals surface area contributed by atoms with Crippen molar-refractivity contribution >= 4 is 11.8 Å². The van der Waals surface area contributed by atoms with Crippen LogP contribution >= 0.6 is 0 Å². The predicted octanol–water partition coefficient (Wildman–Crippen LogP) is 2.12. The van der Waals surface area contributed by atoms with Crippen LogP contribution in [0.5, 0.6) is 0 Å². The smallest absolute Gasteiger partial charge is 0.247 e. The summed E-state index contributed by atoms with van der Waals surface area (Å²) in [6.07, 6.45) is 1.73. The minimum Gasteiger partial charge on any atom is -0.378 e. The maximum atomic E-state index is 5.40. The minimum atomic E-state index is 0.289. The van der Waals surface area contributed by atoms with E-state index in [4.69, 9.17) is 9.72 Å². The van der Waals surface area contributed by atoms with Gasteiger partial charge in [0.05, 0.1) is 19.4 Å². The third kappa shape index (κ3) is 3.96. The van der Waals surface area contributed by atoms with Crippen LogP contribution in [0.4, 0.5) is 11.8 Å². The topological polar surface area (TPSA) is 54.4 Å². The van der Waals surface area contributed by atoms with Crippen LogP contribution in [-0.2, 0) is 11.3 Å². The molecule has 0 atom stereocenters. The minimum absolute atomic E-state index is 0.289. The second-order valence-corrected chi connectivity index (χ2v) is 5.92. The second kappa shape index (κ2) is 7.37. The molecule has 122 valence electrons. The van der Waals surface area contributed by atoms with Crippen LogP contribution in [0.15, 0.2) is 36.5 Å². The summed E-state index contributed by atoms with van der Waals surface area (Å²) in [6, 6.07) is 10.7. The van der Waals surface area contributed by atoms with E-state index >= 15 is 0 Å². The van der Waals surface area contributed by atoms with Crippen LogP contribution in [0.25, 0.3) is 0 Å². The van der Waals surface area contributed by atoms with Crippen molar-refractivity contribution in [3.05, 3.63) is 42.1 Å². The number of ether oxygens (including phenoxy) is 1. The van der Waals surface area contributed by atoms with Crippen molar-refractivity contribution in [3.63, 3.8) is 0 Å². The highest BCUT2D eigenvalue weighted by Gasteiger charge is 2.18. The van der Waals surface area contributed by atoms with E-state index in [1.807, 2.05) is 6.07 Å². The van der Waals surface area contributed by atoms with E-state index in [1.165, 1.54) is 5.56 Å². The van der Waals surface area contributed by atoms with E-state index < -0.39 is 0 Å². The highest BCUT2D eigenvalue weighted by atomic mass is 16.5. The molecule has 6 nitrogen and oxygen atoms in total. The summed E-state index contributed by atoms with van der Waals surface area (Å²) in [5, 5.41) is 8.43. The molecule has 1 aliphatic heterocycles. The molecule has 23 heavy (non-hydrogen) atoms. The molecule has 3 rings (SSSR count). The SMILES string of the molecule is CC(C)N(Cc1ccccc1)c1nncc(N2CCOCC2)n1. The Kier molecular flexibility index (Phi) is 5.02. The van der Waals surface area contributed by atoms with Crippen LogP contribution in [-0.4, -0.2) is 47.5 Å². The zero-order valence-corrected chi connectivity index (χ0v) is 13.7. The van der Waals surface area contributed by atoms with Gasteiger partial charge in [-0.25, -0.2) is 0 Å². The van der Waals surface area contributed by atoms with Gasteiger partial charge < -0.3 is 14.5 Å². The van der Waals surface area contributed by atoms with E-state index in [0.29, 0.717) is 5.95 Å². The first-order valence-corrected chi connectivity index (χ1v) is 8.07. The summed E-state index contributed by atoms with van der Waals surface area (Å²) in [4.78, 5) is 9.11. The van der Waals surface area contributed by atoms with Gasteiger partial charge in [0.25, 0.3) is 0 Å². The number of nitrogens with zero attached hydrogens (tertiary/aromatic N) is 5. The van der Waals surface area contributed by atoms with Crippen molar-refractivity contribution in [1.29, 1.82) is 0 Å². The van der Waals surface area contributed by atoms with Crippen molar-refractivity contribution in [2.45, 2.75) is 26.4 Å². The molecule has 1 aromatic carbocycles. The van der Waals surface area contributed by atoms with Gasteiger partial charge in [-0.3, -0.25) is 0 Å². The number of anilines is 2. The Morgan fingerprint density at radius 1 is 1.17 bits per heavy atom. The Labute approximate surface area is 137 Å². The lowest BCUT2D eigenvalue weighted by molar-refractivity contribution is 0.122. The fraction of sp³-hybridized carbons (Fsp3) is 0.471. The first-order chi connectivity index (χ1) is 11.2. The van der Waals surface area contributed by atoms with Gasteiger partial charge in [-0.1, -0.05) is 30.3 Å². The zero-order chi connectivity index (χ0) is 16.1. The van der Waals surface area contributed by atoms with Crippen molar-refractivity contribution in [1.82, 2.24) is 15.2 Å². The molecule has 0 amide bonds. The van der Waals surface area contributed by atoms with Gasteiger partial charge in [0, 0.05) is 25.7 Å². The van der Waals surface area contributed by atoms with Gasteiger partial charge in [0.15, 0.2) is 5.82 Å². The Hall–Kier alpha value is -2.21. The van der Waals surface area contributed by atoms with Crippen molar-refractivity contribution in [2.75, 3.05) is 36.1 Å². The number of hydrogen-bond acceptors (Lipinski definition) is 6. The van der Waals surface area contributed by atoms with Crippen molar-refractivity contribution in [2.24, 2.45) is 0 Å². The molecule has 6 heteroatoms. The summed E-state index contributed by atoms with van der Waals surface area (Å²) in [7, 11) is 0. The molecule has 2 aromatic rings.